The molecule has 0 aromatic carbocycles. The first-order chi connectivity index (χ1) is 8.91. The fourth-order valence-electron chi connectivity index (χ4n) is 2.54. The molecule has 0 aliphatic carbocycles. The number of rotatable bonds is 3. The third-order valence-corrected chi connectivity index (χ3v) is 5.62. The number of ether oxygens (including phenoxy) is 1. The van der Waals surface area contributed by atoms with E-state index >= 15 is 0 Å². The van der Waals surface area contributed by atoms with Gasteiger partial charge in [0, 0.05) is 26.2 Å². The van der Waals surface area contributed by atoms with Crippen LogP contribution in [0.4, 0.5) is 0 Å². The number of amidine groups is 1. The van der Waals surface area contributed by atoms with Crippen molar-refractivity contribution in [2.75, 3.05) is 32.8 Å². The van der Waals surface area contributed by atoms with Crippen molar-refractivity contribution >= 4 is 16.0 Å². The summed E-state index contributed by atoms with van der Waals surface area (Å²) in [6.45, 7) is 3.98. The summed E-state index contributed by atoms with van der Waals surface area (Å²) in [4.78, 5) is 0. The Morgan fingerprint density at radius 2 is 2.00 bits per heavy atom. The van der Waals surface area contributed by atoms with Crippen molar-refractivity contribution in [2.24, 2.45) is 11.7 Å². The van der Waals surface area contributed by atoms with Gasteiger partial charge in [-0.25, -0.2) is 0 Å². The molecule has 2 saturated heterocycles. The summed E-state index contributed by atoms with van der Waals surface area (Å²) in [6.07, 6.45) is 1.36. The van der Waals surface area contributed by atoms with Crippen molar-refractivity contribution in [3.05, 3.63) is 0 Å². The van der Waals surface area contributed by atoms with Gasteiger partial charge >= 0.3 is 0 Å². The molecule has 3 N–H and O–H groups in total. The standard InChI is InChI=1S/C11H22N4O3S/c1-9-3-2-4-14(7-9)19(16,17)15-5-6-18-10(8-15)11(12)13/h9-10H,2-8H2,1H3,(H3,12,13). The van der Waals surface area contributed by atoms with E-state index < -0.39 is 16.3 Å². The second-order valence-electron chi connectivity index (χ2n) is 5.29. The molecule has 2 atom stereocenters. The third-order valence-electron chi connectivity index (χ3n) is 3.65. The first-order valence-corrected chi connectivity index (χ1v) is 8.01. The predicted octanol–water partition coefficient (Wildman–Crippen LogP) is -0.400. The maximum atomic E-state index is 12.5. The molecule has 0 bridgehead atoms. The first-order valence-electron chi connectivity index (χ1n) is 6.62. The summed E-state index contributed by atoms with van der Waals surface area (Å²) in [5, 5.41) is 7.38. The van der Waals surface area contributed by atoms with Crippen LogP contribution in [0, 0.1) is 11.3 Å². The average molecular weight is 290 g/mol. The smallest absolute Gasteiger partial charge is 0.282 e. The predicted molar refractivity (Wildman–Crippen MR) is 72.1 cm³/mol. The molecule has 19 heavy (non-hydrogen) atoms. The van der Waals surface area contributed by atoms with Crippen LogP contribution in [-0.2, 0) is 14.9 Å². The van der Waals surface area contributed by atoms with Gasteiger partial charge in [0.25, 0.3) is 10.2 Å². The Labute approximate surface area is 114 Å². The normalized spacial score (nSPS) is 31.2. The highest BCUT2D eigenvalue weighted by Gasteiger charge is 2.36. The van der Waals surface area contributed by atoms with E-state index in [1.807, 2.05) is 0 Å². The zero-order chi connectivity index (χ0) is 14.0. The summed E-state index contributed by atoms with van der Waals surface area (Å²) in [5.41, 5.74) is 5.40. The van der Waals surface area contributed by atoms with Crippen molar-refractivity contribution < 1.29 is 13.2 Å². The van der Waals surface area contributed by atoms with E-state index in [4.69, 9.17) is 15.9 Å². The van der Waals surface area contributed by atoms with Gasteiger partial charge in [-0.15, -0.1) is 0 Å². The minimum atomic E-state index is -3.45. The molecule has 2 unspecified atom stereocenters. The minimum absolute atomic E-state index is 0.119. The van der Waals surface area contributed by atoms with Crippen LogP contribution in [-0.4, -0.2) is 61.8 Å². The summed E-state index contributed by atoms with van der Waals surface area (Å²) in [6, 6.07) is 0. The molecule has 0 spiro atoms. The first kappa shape index (κ1) is 14.7. The number of nitrogens with two attached hydrogens (primary N) is 1. The van der Waals surface area contributed by atoms with Gasteiger partial charge in [-0.3, -0.25) is 5.41 Å². The topological polar surface area (TPSA) is 99.7 Å². The maximum absolute atomic E-state index is 12.5. The summed E-state index contributed by atoms with van der Waals surface area (Å²) >= 11 is 0. The molecule has 0 amide bonds. The lowest BCUT2D eigenvalue weighted by Gasteiger charge is -2.37. The monoisotopic (exact) mass is 290 g/mol. The van der Waals surface area contributed by atoms with Gasteiger partial charge < -0.3 is 10.5 Å². The van der Waals surface area contributed by atoms with Crippen LogP contribution >= 0.6 is 0 Å². The van der Waals surface area contributed by atoms with E-state index in [0.29, 0.717) is 25.6 Å². The van der Waals surface area contributed by atoms with E-state index in [0.717, 1.165) is 12.8 Å². The molecular formula is C11H22N4O3S. The number of morpholine rings is 1. The lowest BCUT2D eigenvalue weighted by molar-refractivity contribution is 0.0340. The molecule has 2 aliphatic rings. The van der Waals surface area contributed by atoms with E-state index in [2.05, 4.69) is 6.92 Å². The van der Waals surface area contributed by atoms with Crippen LogP contribution < -0.4 is 5.73 Å². The highest BCUT2D eigenvalue weighted by atomic mass is 32.2. The molecule has 7 nitrogen and oxygen atoms in total. The largest absolute Gasteiger partial charge is 0.385 e. The minimum Gasteiger partial charge on any atom is -0.385 e. The Morgan fingerprint density at radius 3 is 2.63 bits per heavy atom. The zero-order valence-electron chi connectivity index (χ0n) is 11.2. The van der Waals surface area contributed by atoms with Crippen LogP contribution in [0.5, 0.6) is 0 Å². The SMILES string of the molecule is CC1CCCN(S(=O)(=O)N2CCOC(C(=N)N)C2)C1. The number of hydrogen-bond donors (Lipinski definition) is 2. The second-order valence-corrected chi connectivity index (χ2v) is 7.21. The Kier molecular flexibility index (Phi) is 4.44. The number of nitrogens with zero attached hydrogens (tertiary/aromatic N) is 2. The summed E-state index contributed by atoms with van der Waals surface area (Å²) in [7, 11) is -3.45. The van der Waals surface area contributed by atoms with Crippen LogP contribution in [0.2, 0.25) is 0 Å². The molecule has 0 radical (unpaired) electrons. The zero-order valence-corrected chi connectivity index (χ0v) is 12.0. The van der Waals surface area contributed by atoms with Gasteiger partial charge in [-0.2, -0.15) is 17.0 Å². The molecule has 0 aromatic heterocycles. The molecule has 0 aromatic rings. The number of piperidine rings is 1. The molecule has 2 aliphatic heterocycles. The number of hydrogen-bond acceptors (Lipinski definition) is 4. The molecule has 2 fully saturated rings. The highest BCUT2D eigenvalue weighted by Crippen LogP contribution is 2.22. The van der Waals surface area contributed by atoms with Gasteiger partial charge in [0.15, 0.2) is 0 Å². The Bertz CT molecular complexity index is 439. The van der Waals surface area contributed by atoms with Gasteiger partial charge in [0.05, 0.1) is 6.61 Å². The number of nitrogens with one attached hydrogen (secondary N) is 1. The van der Waals surface area contributed by atoms with Crippen molar-refractivity contribution in [1.82, 2.24) is 8.61 Å². The molecule has 8 heteroatoms. The van der Waals surface area contributed by atoms with Crippen LogP contribution in [0.3, 0.4) is 0 Å². The molecule has 2 rings (SSSR count). The van der Waals surface area contributed by atoms with E-state index in [9.17, 15) is 8.42 Å². The maximum Gasteiger partial charge on any atom is 0.282 e. The Hall–Kier alpha value is -0.700. The lowest BCUT2D eigenvalue weighted by atomic mass is 10.0. The molecule has 0 saturated carbocycles. The molecular weight excluding hydrogens is 268 g/mol. The highest BCUT2D eigenvalue weighted by molar-refractivity contribution is 7.86. The Morgan fingerprint density at radius 1 is 1.32 bits per heavy atom. The van der Waals surface area contributed by atoms with E-state index in [-0.39, 0.29) is 19.0 Å². The quantitative estimate of drug-likeness (QED) is 0.545. The second kappa shape index (κ2) is 5.74. The average Bonchev–Trinajstić information content (AvgIpc) is 2.39. The van der Waals surface area contributed by atoms with Gasteiger partial charge in [-0.05, 0) is 18.8 Å². The fraction of sp³-hybridized carbons (Fsp3) is 0.909. The third kappa shape index (κ3) is 3.25. The lowest BCUT2D eigenvalue weighted by Crippen LogP contribution is -2.55. The molecule has 110 valence electrons. The fourth-order valence-corrected chi connectivity index (χ4v) is 4.30. The Balaban J connectivity index is 2.08. The van der Waals surface area contributed by atoms with Gasteiger partial charge in [0.2, 0.25) is 0 Å². The van der Waals surface area contributed by atoms with Crippen molar-refractivity contribution in [1.29, 1.82) is 5.41 Å². The van der Waals surface area contributed by atoms with E-state index in [1.54, 1.807) is 4.31 Å². The van der Waals surface area contributed by atoms with Crippen LogP contribution in [0.15, 0.2) is 0 Å². The van der Waals surface area contributed by atoms with Crippen molar-refractivity contribution in [3.63, 3.8) is 0 Å². The summed E-state index contributed by atoms with van der Waals surface area (Å²) < 4.78 is 33.3. The summed E-state index contributed by atoms with van der Waals surface area (Å²) in [5.74, 6) is 0.278. The van der Waals surface area contributed by atoms with Crippen LogP contribution in [0.25, 0.3) is 0 Å². The van der Waals surface area contributed by atoms with Crippen LogP contribution in [0.1, 0.15) is 19.8 Å². The van der Waals surface area contributed by atoms with Crippen molar-refractivity contribution in [2.45, 2.75) is 25.9 Å². The van der Waals surface area contributed by atoms with Gasteiger partial charge in [0.1, 0.15) is 11.9 Å². The van der Waals surface area contributed by atoms with E-state index in [1.165, 1.54) is 4.31 Å². The van der Waals surface area contributed by atoms with Crippen molar-refractivity contribution in [3.8, 4) is 0 Å². The molecule has 2 heterocycles. The van der Waals surface area contributed by atoms with Gasteiger partial charge in [-0.1, -0.05) is 6.92 Å².